The molecule has 0 bridgehead atoms. The number of esters is 1. The second-order valence-electron chi connectivity index (χ2n) is 5.88. The first-order chi connectivity index (χ1) is 12.4. The predicted octanol–water partition coefficient (Wildman–Crippen LogP) is 4.17. The van der Waals surface area contributed by atoms with Crippen molar-refractivity contribution in [2.24, 2.45) is 0 Å². The molecule has 26 heavy (non-hydrogen) atoms. The van der Waals surface area contributed by atoms with Crippen LogP contribution in [-0.2, 0) is 9.53 Å². The summed E-state index contributed by atoms with van der Waals surface area (Å²) in [6.45, 7) is 3.75. The molecule has 0 saturated heterocycles. The molecule has 5 nitrogen and oxygen atoms in total. The number of carbonyl (C=O) groups excluding carboxylic acids is 2. The fourth-order valence-corrected chi connectivity index (χ4v) is 2.80. The number of amides is 1. The Morgan fingerprint density at radius 1 is 1.12 bits per heavy atom. The highest BCUT2D eigenvalue weighted by Gasteiger charge is 2.18. The van der Waals surface area contributed by atoms with Gasteiger partial charge in [0, 0.05) is 16.7 Å². The second-order valence-corrected chi connectivity index (χ2v) is 6.80. The van der Waals surface area contributed by atoms with Crippen LogP contribution in [0.3, 0.4) is 0 Å². The van der Waals surface area contributed by atoms with Crippen molar-refractivity contribution in [1.29, 1.82) is 5.26 Å². The maximum Gasteiger partial charge on any atom is 0.338 e. The van der Waals surface area contributed by atoms with Gasteiger partial charge in [0.05, 0.1) is 18.1 Å². The molecule has 0 unspecified atom stereocenters. The van der Waals surface area contributed by atoms with E-state index in [4.69, 9.17) is 10.00 Å². The van der Waals surface area contributed by atoms with Gasteiger partial charge in [-0.15, -0.1) is 0 Å². The van der Waals surface area contributed by atoms with Crippen LogP contribution < -0.4 is 4.90 Å². The molecule has 0 aliphatic heterocycles. The summed E-state index contributed by atoms with van der Waals surface area (Å²) < 4.78 is 5.99. The van der Waals surface area contributed by atoms with E-state index in [9.17, 15) is 9.59 Å². The van der Waals surface area contributed by atoms with E-state index in [0.717, 1.165) is 15.6 Å². The molecular weight excluding hydrogens is 396 g/mol. The molecule has 0 radical (unpaired) electrons. The first-order valence-electron chi connectivity index (χ1n) is 8.09. The number of carbonyl (C=O) groups is 2. The Hall–Kier alpha value is -2.65. The van der Waals surface area contributed by atoms with Gasteiger partial charge in [0.25, 0.3) is 5.91 Å². The van der Waals surface area contributed by atoms with Gasteiger partial charge in [-0.2, -0.15) is 5.26 Å². The summed E-state index contributed by atoms with van der Waals surface area (Å²) >= 11 is 3.30. The number of nitriles is 1. The molecule has 0 saturated carbocycles. The first kappa shape index (κ1) is 19.7. The molecule has 0 aliphatic carbocycles. The van der Waals surface area contributed by atoms with Crippen LogP contribution in [0.25, 0.3) is 0 Å². The Morgan fingerprint density at radius 2 is 1.73 bits per heavy atom. The number of anilines is 1. The lowest BCUT2D eigenvalue weighted by Gasteiger charge is -2.22. The Morgan fingerprint density at radius 3 is 2.31 bits per heavy atom. The van der Waals surface area contributed by atoms with E-state index in [1.165, 1.54) is 4.90 Å². The molecule has 2 rings (SSSR count). The summed E-state index contributed by atoms with van der Waals surface area (Å²) in [6.07, 6.45) is 0.194. The number of hydrogen-bond donors (Lipinski definition) is 0. The minimum atomic E-state index is -0.563. The van der Waals surface area contributed by atoms with Crippen LogP contribution in [0.2, 0.25) is 0 Å². The van der Waals surface area contributed by atoms with E-state index in [0.29, 0.717) is 11.3 Å². The fourth-order valence-electron chi connectivity index (χ4n) is 2.54. The zero-order valence-corrected chi connectivity index (χ0v) is 16.2. The van der Waals surface area contributed by atoms with Crippen molar-refractivity contribution in [3.8, 4) is 6.07 Å². The summed E-state index contributed by atoms with van der Waals surface area (Å²) in [5, 5.41) is 8.87. The summed E-state index contributed by atoms with van der Waals surface area (Å²) in [5.41, 5.74) is 3.10. The van der Waals surface area contributed by atoms with Gasteiger partial charge in [-0.05, 0) is 61.4 Å². The maximum absolute atomic E-state index is 12.6. The minimum Gasteiger partial charge on any atom is -0.452 e. The molecule has 0 N–H and O–H groups in total. The lowest BCUT2D eigenvalue weighted by molar-refractivity contribution is -0.121. The molecule has 0 spiro atoms. The van der Waals surface area contributed by atoms with Crippen LogP contribution in [0.15, 0.2) is 46.9 Å². The number of nitrogens with zero attached hydrogens (tertiary/aromatic N) is 2. The van der Waals surface area contributed by atoms with Crippen molar-refractivity contribution in [3.05, 3.63) is 63.6 Å². The zero-order valence-electron chi connectivity index (χ0n) is 14.7. The molecule has 2 aromatic carbocycles. The van der Waals surface area contributed by atoms with Gasteiger partial charge >= 0.3 is 5.97 Å². The van der Waals surface area contributed by atoms with E-state index in [1.807, 2.05) is 38.1 Å². The molecule has 0 atom stereocenters. The van der Waals surface area contributed by atoms with Crippen molar-refractivity contribution < 1.29 is 14.3 Å². The summed E-state index contributed by atoms with van der Waals surface area (Å²) in [5.74, 6) is -0.929. The number of benzene rings is 2. The average molecular weight is 415 g/mol. The Labute approximate surface area is 161 Å². The molecular formula is C20H19BrN2O3. The molecule has 0 heterocycles. The van der Waals surface area contributed by atoms with E-state index >= 15 is 0 Å². The number of halogens is 1. The number of rotatable bonds is 6. The van der Waals surface area contributed by atoms with E-state index in [1.54, 1.807) is 24.3 Å². The van der Waals surface area contributed by atoms with Gasteiger partial charge in [0.1, 0.15) is 0 Å². The fraction of sp³-hybridized carbons (Fsp3) is 0.250. The molecule has 0 fully saturated rings. The number of hydrogen-bond acceptors (Lipinski definition) is 4. The topological polar surface area (TPSA) is 70.4 Å². The summed E-state index contributed by atoms with van der Waals surface area (Å²) in [4.78, 5) is 26.2. The van der Waals surface area contributed by atoms with E-state index in [2.05, 4.69) is 15.9 Å². The summed E-state index contributed by atoms with van der Waals surface area (Å²) in [7, 11) is 0. The van der Waals surface area contributed by atoms with Gasteiger partial charge in [0.15, 0.2) is 6.61 Å². The minimum absolute atomic E-state index is 0.194. The predicted molar refractivity (Wildman–Crippen MR) is 103 cm³/mol. The number of ether oxygens (including phenoxy) is 1. The third-order valence-electron chi connectivity index (χ3n) is 3.67. The van der Waals surface area contributed by atoms with Crippen LogP contribution in [-0.4, -0.2) is 25.0 Å². The highest BCUT2D eigenvalue weighted by Crippen LogP contribution is 2.20. The van der Waals surface area contributed by atoms with Crippen molar-refractivity contribution in [2.75, 3.05) is 18.1 Å². The summed E-state index contributed by atoms with van der Waals surface area (Å²) in [6, 6.07) is 14.5. The third-order valence-corrected chi connectivity index (χ3v) is 4.20. The van der Waals surface area contributed by atoms with Crippen LogP contribution in [0.4, 0.5) is 5.69 Å². The van der Waals surface area contributed by atoms with Gasteiger partial charge in [0.2, 0.25) is 0 Å². The zero-order chi connectivity index (χ0) is 19.1. The lowest BCUT2D eigenvalue weighted by atomic mass is 10.1. The van der Waals surface area contributed by atoms with Crippen molar-refractivity contribution in [2.45, 2.75) is 20.3 Å². The highest BCUT2D eigenvalue weighted by molar-refractivity contribution is 9.10. The van der Waals surface area contributed by atoms with Gasteiger partial charge in [-0.1, -0.05) is 22.0 Å². The van der Waals surface area contributed by atoms with Gasteiger partial charge in [-0.3, -0.25) is 4.79 Å². The van der Waals surface area contributed by atoms with Crippen molar-refractivity contribution >= 4 is 33.5 Å². The SMILES string of the molecule is Cc1cc(C)cc(N(CCC#N)C(=O)COC(=O)c2ccc(Br)cc2)c1. The van der Waals surface area contributed by atoms with Crippen LogP contribution >= 0.6 is 15.9 Å². The monoisotopic (exact) mass is 414 g/mol. The van der Waals surface area contributed by atoms with Crippen LogP contribution in [0, 0.1) is 25.2 Å². The quantitative estimate of drug-likeness (QED) is 0.664. The van der Waals surface area contributed by atoms with Gasteiger partial charge in [-0.25, -0.2) is 4.79 Å². The normalized spacial score (nSPS) is 10.1. The Bertz CT molecular complexity index is 821. The Balaban J connectivity index is 2.10. The highest BCUT2D eigenvalue weighted by atomic mass is 79.9. The van der Waals surface area contributed by atoms with E-state index in [-0.39, 0.29) is 25.5 Å². The smallest absolute Gasteiger partial charge is 0.338 e. The molecule has 0 aliphatic rings. The molecule has 0 aromatic heterocycles. The second kappa shape index (κ2) is 9.16. The molecule has 134 valence electrons. The molecule has 2 aromatic rings. The Kier molecular flexibility index (Phi) is 6.93. The maximum atomic E-state index is 12.6. The first-order valence-corrected chi connectivity index (χ1v) is 8.88. The van der Waals surface area contributed by atoms with Crippen LogP contribution in [0.5, 0.6) is 0 Å². The lowest BCUT2D eigenvalue weighted by Crippen LogP contribution is -2.35. The standard InChI is InChI=1S/C20H19BrN2O3/c1-14-10-15(2)12-18(11-14)23(9-3-8-22)19(24)13-26-20(25)16-4-6-17(21)7-5-16/h4-7,10-12H,3,9,13H2,1-2H3. The van der Waals surface area contributed by atoms with Crippen molar-refractivity contribution in [3.63, 3.8) is 0 Å². The third kappa shape index (κ3) is 5.43. The van der Waals surface area contributed by atoms with E-state index < -0.39 is 5.97 Å². The molecule has 6 heteroatoms. The molecule has 1 amide bonds. The van der Waals surface area contributed by atoms with Crippen molar-refractivity contribution in [1.82, 2.24) is 0 Å². The average Bonchev–Trinajstić information content (AvgIpc) is 2.59. The van der Waals surface area contributed by atoms with Gasteiger partial charge < -0.3 is 9.64 Å². The number of aryl methyl sites for hydroxylation is 2. The van der Waals surface area contributed by atoms with Crippen LogP contribution in [0.1, 0.15) is 27.9 Å². The largest absolute Gasteiger partial charge is 0.452 e.